The van der Waals surface area contributed by atoms with E-state index in [1.54, 1.807) is 42.6 Å². The summed E-state index contributed by atoms with van der Waals surface area (Å²) in [6.45, 7) is 0.157. The number of hydrogen-bond acceptors (Lipinski definition) is 5. The van der Waals surface area contributed by atoms with Gasteiger partial charge in [-0.05, 0) is 18.2 Å². The molecule has 2 heterocycles. The Balaban J connectivity index is 2.03. The van der Waals surface area contributed by atoms with Crippen LogP contribution in [0.15, 0.2) is 71.0 Å². The molecule has 0 saturated carbocycles. The van der Waals surface area contributed by atoms with E-state index in [0.29, 0.717) is 27.3 Å². The summed E-state index contributed by atoms with van der Waals surface area (Å²) in [5.41, 5.74) is 0.857. The number of fused-ring (bicyclic) bond motifs is 1. The van der Waals surface area contributed by atoms with Crippen LogP contribution in [0.4, 0.5) is 5.13 Å². The third-order valence-electron chi connectivity index (χ3n) is 4.26. The number of carboxylic acids is 1. The topological polar surface area (TPSA) is 84.2 Å². The molecule has 0 spiro atoms. The first kappa shape index (κ1) is 17.0. The Morgan fingerprint density at radius 2 is 1.78 bits per heavy atom. The van der Waals surface area contributed by atoms with E-state index in [2.05, 4.69) is 10.3 Å². The summed E-state index contributed by atoms with van der Waals surface area (Å²) in [4.78, 5) is 29.5. The highest BCUT2D eigenvalue weighted by Gasteiger charge is 2.22. The third-order valence-corrected chi connectivity index (χ3v) is 4.99. The first-order valence-corrected chi connectivity index (χ1v) is 9.13. The maximum absolute atomic E-state index is 13.2. The second-order valence-electron chi connectivity index (χ2n) is 5.84. The highest BCUT2D eigenvalue weighted by Crippen LogP contribution is 2.24. The fourth-order valence-corrected chi connectivity index (χ4v) is 3.65. The lowest BCUT2D eigenvalue weighted by molar-refractivity contribution is 0.0697. The van der Waals surface area contributed by atoms with Crippen molar-refractivity contribution in [3.63, 3.8) is 0 Å². The van der Waals surface area contributed by atoms with E-state index in [0.717, 1.165) is 0 Å². The quantitative estimate of drug-likeness (QED) is 0.553. The van der Waals surface area contributed by atoms with Crippen molar-refractivity contribution in [1.82, 2.24) is 9.55 Å². The Bertz CT molecular complexity index is 1170. The molecule has 0 unspecified atom stereocenters. The van der Waals surface area contributed by atoms with Gasteiger partial charge in [0.2, 0.25) is 0 Å². The molecule has 0 atom stereocenters. The molecule has 0 radical (unpaired) electrons. The number of aromatic nitrogens is 2. The van der Waals surface area contributed by atoms with Gasteiger partial charge in [0, 0.05) is 28.0 Å². The Kier molecular flexibility index (Phi) is 4.43. The van der Waals surface area contributed by atoms with E-state index in [9.17, 15) is 14.7 Å². The largest absolute Gasteiger partial charge is 0.478 e. The normalized spacial score (nSPS) is 10.8. The average Bonchev–Trinajstić information content (AvgIpc) is 3.20. The average molecular weight is 377 g/mol. The predicted molar refractivity (Wildman–Crippen MR) is 106 cm³/mol. The molecule has 0 fully saturated rings. The van der Waals surface area contributed by atoms with Gasteiger partial charge in [0.15, 0.2) is 5.13 Å². The van der Waals surface area contributed by atoms with Gasteiger partial charge in [-0.3, -0.25) is 9.36 Å². The second kappa shape index (κ2) is 7.05. The maximum atomic E-state index is 13.2. The molecule has 0 bridgehead atoms. The molecule has 0 aliphatic heterocycles. The number of para-hydroxylation sites is 1. The summed E-state index contributed by atoms with van der Waals surface area (Å²) < 4.78 is 1.46. The standard InChI is InChI=1S/C20H15N3O3S/c24-18-15-9-5-4-8-14(15)17(19(25)26)16(12-22-20-21-10-11-27-20)23(18)13-6-2-1-3-7-13/h1-11H,12H2,(H,21,22)(H,25,26). The van der Waals surface area contributed by atoms with Gasteiger partial charge in [-0.1, -0.05) is 36.4 Å². The monoisotopic (exact) mass is 377 g/mol. The van der Waals surface area contributed by atoms with Crippen molar-refractivity contribution < 1.29 is 9.90 Å². The Hall–Kier alpha value is -3.45. The number of benzene rings is 2. The molecule has 134 valence electrons. The molecule has 27 heavy (non-hydrogen) atoms. The molecule has 4 aromatic rings. The van der Waals surface area contributed by atoms with Gasteiger partial charge in [-0.25, -0.2) is 9.78 Å². The highest BCUT2D eigenvalue weighted by atomic mass is 32.1. The van der Waals surface area contributed by atoms with Crippen molar-refractivity contribution in [2.45, 2.75) is 6.54 Å². The zero-order valence-corrected chi connectivity index (χ0v) is 14.9. The number of rotatable bonds is 5. The van der Waals surface area contributed by atoms with Gasteiger partial charge >= 0.3 is 5.97 Å². The molecule has 0 saturated heterocycles. The lowest BCUT2D eigenvalue weighted by atomic mass is 10.0. The van der Waals surface area contributed by atoms with Crippen LogP contribution in [0.2, 0.25) is 0 Å². The first-order chi connectivity index (χ1) is 13.2. The summed E-state index contributed by atoms with van der Waals surface area (Å²) in [5.74, 6) is -1.08. The molecule has 6 nitrogen and oxygen atoms in total. The Labute approximate surface area is 158 Å². The van der Waals surface area contributed by atoms with Crippen LogP contribution < -0.4 is 10.9 Å². The molecule has 2 aromatic heterocycles. The summed E-state index contributed by atoms with van der Waals surface area (Å²) in [6.07, 6.45) is 1.66. The Morgan fingerprint density at radius 1 is 1.07 bits per heavy atom. The minimum absolute atomic E-state index is 0.109. The number of nitrogens with one attached hydrogen (secondary N) is 1. The van der Waals surface area contributed by atoms with Crippen molar-refractivity contribution in [1.29, 1.82) is 0 Å². The number of carboxylic acid groups (broad SMARTS) is 1. The lowest BCUT2D eigenvalue weighted by Gasteiger charge is -2.18. The van der Waals surface area contributed by atoms with Crippen LogP contribution >= 0.6 is 11.3 Å². The van der Waals surface area contributed by atoms with Crippen molar-refractivity contribution in [3.05, 3.63) is 87.8 Å². The summed E-state index contributed by atoms with van der Waals surface area (Å²) in [6, 6.07) is 15.8. The number of thiazole rings is 1. The maximum Gasteiger partial charge on any atom is 0.338 e. The lowest BCUT2D eigenvalue weighted by Crippen LogP contribution is -2.27. The molecule has 4 rings (SSSR count). The zero-order chi connectivity index (χ0) is 18.8. The fourth-order valence-electron chi connectivity index (χ4n) is 3.12. The number of hydrogen-bond donors (Lipinski definition) is 2. The van der Waals surface area contributed by atoms with Gasteiger partial charge in [0.05, 0.1) is 17.8 Å². The summed E-state index contributed by atoms with van der Waals surface area (Å²) >= 11 is 1.41. The second-order valence-corrected chi connectivity index (χ2v) is 6.73. The van der Waals surface area contributed by atoms with Crippen LogP contribution in [0, 0.1) is 0 Å². The molecule has 2 N–H and O–H groups in total. The molecule has 7 heteroatoms. The van der Waals surface area contributed by atoms with E-state index >= 15 is 0 Å². The molecule has 0 aliphatic rings. The highest BCUT2D eigenvalue weighted by molar-refractivity contribution is 7.13. The third kappa shape index (κ3) is 3.09. The zero-order valence-electron chi connectivity index (χ0n) is 14.1. The SMILES string of the molecule is O=C(O)c1c(CNc2nccs2)n(-c2ccccc2)c(=O)c2ccccc12. The van der Waals surface area contributed by atoms with Crippen LogP contribution in [0.3, 0.4) is 0 Å². The van der Waals surface area contributed by atoms with Gasteiger partial charge < -0.3 is 10.4 Å². The molecular formula is C20H15N3O3S. The molecular weight excluding hydrogens is 362 g/mol. The van der Waals surface area contributed by atoms with Crippen molar-refractivity contribution in [3.8, 4) is 5.69 Å². The van der Waals surface area contributed by atoms with Crippen molar-refractivity contribution in [2.75, 3.05) is 5.32 Å². The van der Waals surface area contributed by atoms with Gasteiger partial charge in [-0.2, -0.15) is 0 Å². The number of aromatic carboxylic acids is 1. The van der Waals surface area contributed by atoms with Crippen LogP contribution in [-0.2, 0) is 6.54 Å². The van der Waals surface area contributed by atoms with E-state index in [-0.39, 0.29) is 17.7 Å². The number of nitrogens with zero attached hydrogens (tertiary/aromatic N) is 2. The van der Waals surface area contributed by atoms with E-state index in [1.807, 2.05) is 23.6 Å². The van der Waals surface area contributed by atoms with E-state index in [1.165, 1.54) is 15.9 Å². The molecule has 2 aromatic carbocycles. The van der Waals surface area contributed by atoms with Crippen LogP contribution in [-0.4, -0.2) is 20.6 Å². The fraction of sp³-hybridized carbons (Fsp3) is 0.0500. The minimum Gasteiger partial charge on any atom is -0.478 e. The first-order valence-electron chi connectivity index (χ1n) is 8.25. The van der Waals surface area contributed by atoms with E-state index < -0.39 is 5.97 Å². The van der Waals surface area contributed by atoms with Crippen LogP contribution in [0.5, 0.6) is 0 Å². The predicted octanol–water partition coefficient (Wildman–Crippen LogP) is 3.76. The summed E-state index contributed by atoms with van der Waals surface area (Å²) in [7, 11) is 0. The smallest absolute Gasteiger partial charge is 0.338 e. The van der Waals surface area contributed by atoms with Crippen LogP contribution in [0.1, 0.15) is 16.1 Å². The summed E-state index contributed by atoms with van der Waals surface area (Å²) in [5, 5.41) is 16.3. The van der Waals surface area contributed by atoms with E-state index in [4.69, 9.17) is 0 Å². The number of pyridine rings is 1. The molecule has 0 amide bonds. The van der Waals surface area contributed by atoms with Crippen molar-refractivity contribution >= 4 is 33.2 Å². The van der Waals surface area contributed by atoms with Gasteiger partial charge in [0.1, 0.15) is 0 Å². The van der Waals surface area contributed by atoms with Crippen molar-refractivity contribution in [2.24, 2.45) is 0 Å². The Morgan fingerprint density at radius 3 is 2.44 bits per heavy atom. The molecule has 0 aliphatic carbocycles. The van der Waals surface area contributed by atoms with Gasteiger partial charge in [-0.15, -0.1) is 11.3 Å². The number of anilines is 1. The number of carbonyl (C=O) groups is 1. The van der Waals surface area contributed by atoms with Crippen LogP contribution in [0.25, 0.3) is 16.5 Å². The minimum atomic E-state index is -1.08. The van der Waals surface area contributed by atoms with Gasteiger partial charge in [0.25, 0.3) is 5.56 Å².